The van der Waals surface area contributed by atoms with E-state index in [-0.39, 0.29) is 21.2 Å². The van der Waals surface area contributed by atoms with E-state index in [0.29, 0.717) is 0 Å². The molecule has 84 valence electrons. The van der Waals surface area contributed by atoms with E-state index in [1.165, 1.54) is 9.14 Å². The van der Waals surface area contributed by atoms with Crippen LogP contribution in [0.25, 0.3) is 3.58 Å². The van der Waals surface area contributed by atoms with Crippen LogP contribution in [0.15, 0.2) is 64.2 Å². The first-order valence-electron chi connectivity index (χ1n) is 5.55. The number of para-hydroxylation sites is 1. The zero-order valence-corrected chi connectivity index (χ0v) is 11.4. The molecule has 0 amide bonds. The molecule has 17 heavy (non-hydrogen) atoms. The summed E-state index contributed by atoms with van der Waals surface area (Å²) in [4.78, 5) is 0. The monoisotopic (exact) mass is 335 g/mol. The second kappa shape index (κ2) is 4.92. The highest BCUT2D eigenvalue weighted by atomic mass is 127. The summed E-state index contributed by atoms with van der Waals surface area (Å²) in [5.74, 6) is 0.961. The van der Waals surface area contributed by atoms with E-state index < -0.39 is 0 Å². The molecule has 0 fully saturated rings. The van der Waals surface area contributed by atoms with Crippen LogP contribution in [-0.2, 0) is 0 Å². The van der Waals surface area contributed by atoms with Crippen LogP contribution in [0.5, 0.6) is 5.75 Å². The molecule has 0 bridgehead atoms. The normalized spacial score (nSPS) is 13.6. The van der Waals surface area contributed by atoms with Gasteiger partial charge in [0.05, 0.1) is 0 Å². The molecule has 0 unspecified atom stereocenters. The third-order valence-corrected chi connectivity index (χ3v) is 5.32. The molecule has 0 aliphatic carbocycles. The van der Waals surface area contributed by atoms with Crippen molar-refractivity contribution in [3.8, 4) is 5.75 Å². The molecular formula is C15H12IO+. The minimum absolute atomic E-state index is 0.140. The van der Waals surface area contributed by atoms with Gasteiger partial charge in [0.2, 0.25) is 0 Å². The maximum atomic E-state index is 5.75. The van der Waals surface area contributed by atoms with Crippen molar-refractivity contribution in [2.24, 2.45) is 0 Å². The Balaban J connectivity index is 1.64. The highest BCUT2D eigenvalue weighted by Gasteiger charge is 2.47. The molecule has 1 aliphatic rings. The third kappa shape index (κ3) is 2.69. The van der Waals surface area contributed by atoms with E-state index in [0.717, 1.165) is 12.4 Å². The fourth-order valence-electron chi connectivity index (χ4n) is 1.64. The van der Waals surface area contributed by atoms with Crippen molar-refractivity contribution in [2.75, 3.05) is 6.61 Å². The second-order valence-electron chi connectivity index (χ2n) is 3.78. The lowest BCUT2D eigenvalue weighted by molar-refractivity contribution is -0.431. The van der Waals surface area contributed by atoms with Crippen molar-refractivity contribution in [3.05, 3.63) is 69.8 Å². The van der Waals surface area contributed by atoms with Crippen LogP contribution in [0.2, 0.25) is 0 Å². The number of ether oxygens (including phenoxy) is 1. The molecule has 0 spiro atoms. The van der Waals surface area contributed by atoms with Gasteiger partial charge in [-0.25, -0.2) is 0 Å². The molecule has 0 atom stereocenters. The lowest BCUT2D eigenvalue weighted by atomic mass is 10.2. The van der Waals surface area contributed by atoms with E-state index in [1.54, 1.807) is 3.58 Å². The maximum absolute atomic E-state index is 5.75. The summed E-state index contributed by atoms with van der Waals surface area (Å²) in [7, 11) is 0. The molecule has 0 saturated heterocycles. The Kier molecular flexibility index (Phi) is 3.14. The lowest BCUT2D eigenvalue weighted by Gasteiger charge is -1.98. The maximum Gasteiger partial charge on any atom is 0.367 e. The molecule has 0 N–H and O–H groups in total. The first kappa shape index (κ1) is 10.8. The largest absolute Gasteiger partial charge is 0.485 e. The van der Waals surface area contributed by atoms with Crippen LogP contribution in [0.1, 0.15) is 5.56 Å². The minimum atomic E-state index is 0.140. The van der Waals surface area contributed by atoms with Crippen molar-refractivity contribution < 1.29 is 25.9 Å². The van der Waals surface area contributed by atoms with E-state index in [2.05, 4.69) is 30.3 Å². The molecule has 1 nitrogen and oxygen atoms in total. The molecule has 2 heteroatoms. The minimum Gasteiger partial charge on any atom is -0.485 e. The molecular weight excluding hydrogens is 323 g/mol. The predicted octanol–water partition coefficient (Wildman–Crippen LogP) is 0.537. The van der Waals surface area contributed by atoms with Crippen LogP contribution in [0.3, 0.4) is 0 Å². The second-order valence-corrected chi connectivity index (χ2v) is 6.70. The lowest BCUT2D eigenvalue weighted by Crippen LogP contribution is -3.49. The van der Waals surface area contributed by atoms with Crippen LogP contribution in [0, 0.1) is 0 Å². The summed E-state index contributed by atoms with van der Waals surface area (Å²) in [6.45, 7) is 0.765. The molecule has 3 rings (SSSR count). The summed E-state index contributed by atoms with van der Waals surface area (Å²) in [6, 6.07) is 20.6. The van der Waals surface area contributed by atoms with Gasteiger partial charge in [0, 0.05) is 5.56 Å². The topological polar surface area (TPSA) is 9.23 Å². The molecule has 0 saturated carbocycles. The van der Waals surface area contributed by atoms with Gasteiger partial charge in [0.25, 0.3) is 7.16 Å². The summed E-state index contributed by atoms with van der Waals surface area (Å²) >= 11 is 0.140. The van der Waals surface area contributed by atoms with Crippen LogP contribution in [-0.4, -0.2) is 6.61 Å². The van der Waals surface area contributed by atoms with Gasteiger partial charge >= 0.3 is 21.2 Å². The molecule has 0 radical (unpaired) electrons. The van der Waals surface area contributed by atoms with Gasteiger partial charge in [-0.05, 0) is 12.1 Å². The predicted molar refractivity (Wildman–Crippen MR) is 65.3 cm³/mol. The first-order valence-corrected chi connectivity index (χ1v) is 7.70. The Labute approximate surface area is 111 Å². The van der Waals surface area contributed by atoms with Gasteiger partial charge in [-0.1, -0.05) is 48.5 Å². The Morgan fingerprint density at radius 3 is 2.18 bits per heavy atom. The smallest absolute Gasteiger partial charge is 0.367 e. The summed E-state index contributed by atoms with van der Waals surface area (Å²) in [6.07, 6.45) is 0. The van der Waals surface area contributed by atoms with E-state index >= 15 is 0 Å². The van der Waals surface area contributed by atoms with Crippen molar-refractivity contribution >= 4 is 3.58 Å². The Bertz CT molecular complexity index is 531. The van der Waals surface area contributed by atoms with Crippen molar-refractivity contribution in [2.45, 2.75) is 0 Å². The average Bonchev–Trinajstić information content (AvgIpc) is 3.18. The van der Waals surface area contributed by atoms with Crippen LogP contribution in [0.4, 0.5) is 0 Å². The number of benzene rings is 2. The molecule has 2 aromatic carbocycles. The SMILES string of the molecule is c1ccc(OCC2=C(c3ccccc3)[I+]2)cc1. The van der Waals surface area contributed by atoms with E-state index in [1.807, 2.05) is 30.3 Å². The summed E-state index contributed by atoms with van der Waals surface area (Å²) < 4.78 is 8.83. The third-order valence-electron chi connectivity index (χ3n) is 2.55. The highest BCUT2D eigenvalue weighted by molar-refractivity contribution is 5.66. The number of hydrogen-bond donors (Lipinski definition) is 0. The quantitative estimate of drug-likeness (QED) is 0.741. The number of halogens is 1. The van der Waals surface area contributed by atoms with Crippen molar-refractivity contribution in [1.82, 2.24) is 0 Å². The Morgan fingerprint density at radius 1 is 0.824 bits per heavy atom. The standard InChI is InChI=1S/C15H12IO/c1-3-7-12(8-4-1)15-14(16-15)11-17-13-9-5-2-6-10-13/h1-10H,11H2/q+1. The number of hydrogen-bond acceptors (Lipinski definition) is 1. The van der Waals surface area contributed by atoms with Gasteiger partial charge < -0.3 is 4.74 Å². The fourth-order valence-corrected chi connectivity index (χ4v) is 3.61. The Hall–Kier alpha value is -1.29. The van der Waals surface area contributed by atoms with Gasteiger partial charge in [-0.2, -0.15) is 0 Å². The van der Waals surface area contributed by atoms with Crippen molar-refractivity contribution in [1.29, 1.82) is 0 Å². The Morgan fingerprint density at radius 2 is 1.47 bits per heavy atom. The zero-order valence-electron chi connectivity index (χ0n) is 9.27. The van der Waals surface area contributed by atoms with Gasteiger partial charge in [-0.3, -0.25) is 0 Å². The van der Waals surface area contributed by atoms with Crippen LogP contribution >= 0.6 is 0 Å². The summed E-state index contributed by atoms with van der Waals surface area (Å²) in [5.41, 5.74) is 1.38. The number of rotatable bonds is 4. The van der Waals surface area contributed by atoms with Crippen LogP contribution < -0.4 is 25.9 Å². The molecule has 1 heterocycles. The highest BCUT2D eigenvalue weighted by Crippen LogP contribution is 2.14. The molecule has 2 aromatic rings. The molecule has 0 aromatic heterocycles. The molecule has 1 aliphatic heterocycles. The van der Waals surface area contributed by atoms with Gasteiger partial charge in [0.15, 0.2) is 6.61 Å². The van der Waals surface area contributed by atoms with Gasteiger partial charge in [-0.15, -0.1) is 0 Å². The van der Waals surface area contributed by atoms with E-state index in [9.17, 15) is 0 Å². The summed E-state index contributed by atoms with van der Waals surface area (Å²) in [5, 5.41) is 0. The average molecular weight is 335 g/mol. The fraction of sp³-hybridized carbons (Fsp3) is 0.0667. The van der Waals surface area contributed by atoms with Gasteiger partial charge in [0.1, 0.15) is 5.75 Å². The zero-order chi connectivity index (χ0) is 11.5. The first-order chi connectivity index (χ1) is 8.43. The van der Waals surface area contributed by atoms with Crippen molar-refractivity contribution in [3.63, 3.8) is 0 Å². The van der Waals surface area contributed by atoms with E-state index in [4.69, 9.17) is 4.74 Å².